The Bertz CT molecular complexity index is 264. The zero-order chi connectivity index (χ0) is 18.3. The van der Waals surface area contributed by atoms with E-state index in [1.807, 2.05) is 0 Å². The van der Waals surface area contributed by atoms with Gasteiger partial charge in [-0.3, -0.25) is 0 Å². The summed E-state index contributed by atoms with van der Waals surface area (Å²) in [6.45, 7) is 23.4. The van der Waals surface area contributed by atoms with Crippen LogP contribution in [0.5, 0.6) is 0 Å². The Balaban J connectivity index is 5.05. The molecule has 0 aromatic heterocycles. The third kappa shape index (κ3) is 9.75. The first-order chi connectivity index (χ1) is 10.4. The van der Waals surface area contributed by atoms with Crippen LogP contribution in [-0.4, -0.2) is 12.2 Å². The Morgan fingerprint density at radius 3 is 1.17 bits per heavy atom. The molecule has 0 aliphatic carbocycles. The standard InChI is InChI=1S/C22H46O/c1-11-13-17(3)15-19(21(5,6)7)23-20(22(8,9)10)16-18(4)14-12-2/h17-20H,11-16H2,1-10H3. The summed E-state index contributed by atoms with van der Waals surface area (Å²) < 4.78 is 6.81. The average molecular weight is 327 g/mol. The normalized spacial score (nSPS) is 18.5. The predicted octanol–water partition coefficient (Wildman–Crippen LogP) is 7.49. The lowest BCUT2D eigenvalue weighted by atomic mass is 9.80. The molecular weight excluding hydrogens is 280 g/mol. The lowest BCUT2D eigenvalue weighted by Gasteiger charge is -2.41. The summed E-state index contributed by atoms with van der Waals surface area (Å²) in [5, 5.41) is 0. The Hall–Kier alpha value is -0.0400. The van der Waals surface area contributed by atoms with Crippen molar-refractivity contribution in [3.05, 3.63) is 0 Å². The van der Waals surface area contributed by atoms with Gasteiger partial charge in [0.2, 0.25) is 0 Å². The van der Waals surface area contributed by atoms with Gasteiger partial charge in [-0.15, -0.1) is 0 Å². The maximum atomic E-state index is 6.81. The van der Waals surface area contributed by atoms with Crippen LogP contribution in [0.1, 0.15) is 108 Å². The van der Waals surface area contributed by atoms with Crippen molar-refractivity contribution < 1.29 is 4.74 Å². The smallest absolute Gasteiger partial charge is 0.0629 e. The minimum atomic E-state index is 0.208. The Labute approximate surface area is 148 Å². The van der Waals surface area contributed by atoms with Crippen LogP contribution in [0.3, 0.4) is 0 Å². The van der Waals surface area contributed by atoms with Gasteiger partial charge in [0.25, 0.3) is 0 Å². The van der Waals surface area contributed by atoms with Crippen molar-refractivity contribution in [2.45, 2.75) is 120 Å². The fourth-order valence-corrected chi connectivity index (χ4v) is 3.38. The van der Waals surface area contributed by atoms with Crippen molar-refractivity contribution in [2.24, 2.45) is 22.7 Å². The second kappa shape index (κ2) is 10.1. The van der Waals surface area contributed by atoms with Crippen molar-refractivity contribution >= 4 is 0 Å². The summed E-state index contributed by atoms with van der Waals surface area (Å²) in [6.07, 6.45) is 8.23. The summed E-state index contributed by atoms with van der Waals surface area (Å²) in [7, 11) is 0. The Morgan fingerprint density at radius 2 is 0.957 bits per heavy atom. The molecule has 0 fully saturated rings. The second-order valence-electron chi connectivity index (χ2n) is 10.1. The highest BCUT2D eigenvalue weighted by atomic mass is 16.5. The summed E-state index contributed by atoms with van der Waals surface area (Å²) >= 11 is 0. The van der Waals surface area contributed by atoms with Crippen molar-refractivity contribution in [3.63, 3.8) is 0 Å². The minimum Gasteiger partial charge on any atom is -0.374 e. The molecule has 0 aromatic carbocycles. The van der Waals surface area contributed by atoms with Crippen LogP contribution in [0.25, 0.3) is 0 Å². The summed E-state index contributed by atoms with van der Waals surface area (Å²) in [4.78, 5) is 0. The highest BCUT2D eigenvalue weighted by Crippen LogP contribution is 2.36. The monoisotopic (exact) mass is 326 g/mol. The van der Waals surface area contributed by atoms with Gasteiger partial charge >= 0.3 is 0 Å². The molecule has 4 atom stereocenters. The first-order valence-corrected chi connectivity index (χ1v) is 10.1. The Morgan fingerprint density at radius 1 is 0.652 bits per heavy atom. The molecule has 0 heterocycles. The molecule has 1 heteroatoms. The van der Waals surface area contributed by atoms with E-state index in [1.54, 1.807) is 0 Å². The van der Waals surface area contributed by atoms with E-state index in [9.17, 15) is 0 Å². The van der Waals surface area contributed by atoms with Crippen molar-refractivity contribution in [2.75, 3.05) is 0 Å². The molecule has 0 amide bonds. The number of rotatable bonds is 10. The van der Waals surface area contributed by atoms with E-state index in [4.69, 9.17) is 4.74 Å². The van der Waals surface area contributed by atoms with Crippen molar-refractivity contribution in [1.82, 2.24) is 0 Å². The summed E-state index contributed by atoms with van der Waals surface area (Å²) in [5.41, 5.74) is 0.416. The molecule has 140 valence electrons. The van der Waals surface area contributed by atoms with E-state index in [2.05, 4.69) is 69.2 Å². The maximum Gasteiger partial charge on any atom is 0.0629 e. The van der Waals surface area contributed by atoms with Gasteiger partial charge < -0.3 is 4.74 Å². The fraction of sp³-hybridized carbons (Fsp3) is 1.00. The van der Waals surface area contributed by atoms with Crippen LogP contribution in [-0.2, 0) is 4.74 Å². The molecule has 0 saturated carbocycles. The van der Waals surface area contributed by atoms with Crippen LogP contribution in [0.15, 0.2) is 0 Å². The molecular formula is C22H46O. The van der Waals surface area contributed by atoms with Gasteiger partial charge in [0.1, 0.15) is 0 Å². The van der Waals surface area contributed by atoms with E-state index in [1.165, 1.54) is 38.5 Å². The molecule has 0 saturated heterocycles. The first-order valence-electron chi connectivity index (χ1n) is 10.1. The highest BCUT2D eigenvalue weighted by Gasteiger charge is 2.34. The van der Waals surface area contributed by atoms with Crippen molar-refractivity contribution in [3.8, 4) is 0 Å². The predicted molar refractivity (Wildman–Crippen MR) is 105 cm³/mol. The second-order valence-corrected chi connectivity index (χ2v) is 10.1. The van der Waals surface area contributed by atoms with Crippen LogP contribution < -0.4 is 0 Å². The number of ether oxygens (including phenoxy) is 1. The Kier molecular flexibility index (Phi) is 10.0. The molecule has 0 radical (unpaired) electrons. The summed E-state index contributed by atoms with van der Waals surface area (Å²) in [5.74, 6) is 1.50. The van der Waals surface area contributed by atoms with Crippen LogP contribution >= 0.6 is 0 Å². The van der Waals surface area contributed by atoms with Gasteiger partial charge in [-0.25, -0.2) is 0 Å². The number of hydrogen-bond donors (Lipinski definition) is 0. The molecule has 0 aromatic rings. The molecule has 0 rings (SSSR count). The van der Waals surface area contributed by atoms with E-state index < -0.39 is 0 Å². The minimum absolute atomic E-state index is 0.208. The van der Waals surface area contributed by atoms with Gasteiger partial charge in [-0.2, -0.15) is 0 Å². The molecule has 0 N–H and O–H groups in total. The SMILES string of the molecule is CCCC(C)CC(OC(CC(C)CCC)C(C)(C)C)C(C)(C)C. The van der Waals surface area contributed by atoms with Crippen LogP contribution in [0.4, 0.5) is 0 Å². The van der Waals surface area contributed by atoms with Gasteiger partial charge in [0.05, 0.1) is 12.2 Å². The van der Waals surface area contributed by atoms with Gasteiger partial charge in [-0.1, -0.05) is 94.9 Å². The first kappa shape index (κ1) is 23.0. The molecule has 0 aliphatic heterocycles. The third-order valence-corrected chi connectivity index (χ3v) is 5.06. The largest absolute Gasteiger partial charge is 0.374 e. The topological polar surface area (TPSA) is 9.23 Å². The fourth-order valence-electron chi connectivity index (χ4n) is 3.38. The molecule has 0 aliphatic rings. The molecule has 23 heavy (non-hydrogen) atoms. The van der Waals surface area contributed by atoms with E-state index in [-0.39, 0.29) is 10.8 Å². The van der Waals surface area contributed by atoms with E-state index >= 15 is 0 Å². The van der Waals surface area contributed by atoms with E-state index in [0.29, 0.717) is 12.2 Å². The highest BCUT2D eigenvalue weighted by molar-refractivity contribution is 4.83. The lowest BCUT2D eigenvalue weighted by Crippen LogP contribution is -2.40. The maximum absolute atomic E-state index is 6.81. The molecule has 0 bridgehead atoms. The van der Waals surface area contributed by atoms with Gasteiger partial charge in [0.15, 0.2) is 0 Å². The molecule has 4 unspecified atom stereocenters. The van der Waals surface area contributed by atoms with Crippen LogP contribution in [0, 0.1) is 22.7 Å². The van der Waals surface area contributed by atoms with E-state index in [0.717, 1.165) is 11.8 Å². The molecule has 1 nitrogen and oxygen atoms in total. The van der Waals surface area contributed by atoms with Gasteiger partial charge in [-0.05, 0) is 35.5 Å². The molecule has 0 spiro atoms. The van der Waals surface area contributed by atoms with Crippen LogP contribution in [0.2, 0.25) is 0 Å². The average Bonchev–Trinajstić information content (AvgIpc) is 2.35. The zero-order valence-corrected chi connectivity index (χ0v) is 18.0. The van der Waals surface area contributed by atoms with Crippen molar-refractivity contribution in [1.29, 1.82) is 0 Å². The van der Waals surface area contributed by atoms with Gasteiger partial charge in [0, 0.05) is 0 Å². The quantitative estimate of drug-likeness (QED) is 0.404. The number of hydrogen-bond acceptors (Lipinski definition) is 1. The summed E-state index contributed by atoms with van der Waals surface area (Å²) in [6, 6.07) is 0. The zero-order valence-electron chi connectivity index (χ0n) is 18.0. The lowest BCUT2D eigenvalue weighted by molar-refractivity contribution is -0.121. The third-order valence-electron chi connectivity index (χ3n) is 5.06.